The Morgan fingerprint density at radius 1 is 1.16 bits per heavy atom. The quantitative estimate of drug-likeness (QED) is 0.785. The van der Waals surface area contributed by atoms with Gasteiger partial charge in [-0.05, 0) is 81.9 Å². The summed E-state index contributed by atoms with van der Waals surface area (Å²) < 4.78 is 0. The lowest BCUT2D eigenvalue weighted by Gasteiger charge is -2.34. The van der Waals surface area contributed by atoms with Crippen molar-refractivity contribution in [3.05, 3.63) is 22.4 Å². The molecule has 1 saturated carbocycles. The molecule has 0 radical (unpaired) electrons. The number of ketones is 1. The van der Waals surface area contributed by atoms with Crippen LogP contribution in [0.1, 0.15) is 61.5 Å². The van der Waals surface area contributed by atoms with Crippen LogP contribution in [0.25, 0.3) is 0 Å². The van der Waals surface area contributed by atoms with Crippen molar-refractivity contribution in [2.75, 3.05) is 19.6 Å². The summed E-state index contributed by atoms with van der Waals surface area (Å²) in [5, 5.41) is 5.04. The van der Waals surface area contributed by atoms with E-state index in [1.54, 1.807) is 18.3 Å². The van der Waals surface area contributed by atoms with Crippen molar-refractivity contribution >= 4 is 23.0 Å². The highest BCUT2D eigenvalue weighted by Gasteiger charge is 2.27. The fraction of sp³-hybridized carbons (Fsp3) is 0.700. The fourth-order valence-corrected chi connectivity index (χ4v) is 5.03. The van der Waals surface area contributed by atoms with E-state index in [9.17, 15) is 9.59 Å². The predicted molar refractivity (Wildman–Crippen MR) is 102 cm³/mol. The molecule has 2 aliphatic rings. The van der Waals surface area contributed by atoms with E-state index in [-0.39, 0.29) is 11.8 Å². The summed E-state index contributed by atoms with van der Waals surface area (Å²) in [6.07, 6.45) is 7.99. The van der Waals surface area contributed by atoms with Gasteiger partial charge in [0.05, 0.1) is 4.88 Å². The van der Waals surface area contributed by atoms with Crippen LogP contribution >= 0.6 is 11.3 Å². The third kappa shape index (κ3) is 5.38. The molecule has 0 aromatic carbocycles. The van der Waals surface area contributed by atoms with Crippen molar-refractivity contribution in [3.63, 3.8) is 0 Å². The average molecular weight is 363 g/mol. The number of hydrogen-bond acceptors (Lipinski definition) is 4. The van der Waals surface area contributed by atoms with Crippen LogP contribution in [0.15, 0.2) is 17.5 Å². The maximum atomic E-state index is 12.4. The molecule has 25 heavy (non-hydrogen) atoms. The molecular formula is C20H30N2O2S. The van der Waals surface area contributed by atoms with E-state index in [0.29, 0.717) is 11.8 Å². The van der Waals surface area contributed by atoms with Gasteiger partial charge in [-0.15, -0.1) is 11.3 Å². The highest BCUT2D eigenvalue weighted by atomic mass is 32.1. The number of nitrogens with one attached hydrogen (secondary N) is 1. The second-order valence-electron chi connectivity index (χ2n) is 7.66. The molecule has 2 heterocycles. The van der Waals surface area contributed by atoms with Gasteiger partial charge in [0.15, 0.2) is 5.78 Å². The average Bonchev–Trinajstić information content (AvgIpc) is 3.15. The minimum atomic E-state index is 0.100. The van der Waals surface area contributed by atoms with E-state index in [2.05, 4.69) is 10.2 Å². The molecule has 138 valence electrons. The summed E-state index contributed by atoms with van der Waals surface area (Å²) >= 11 is 1.57. The van der Waals surface area contributed by atoms with Gasteiger partial charge in [0.25, 0.3) is 0 Å². The highest BCUT2D eigenvalue weighted by Crippen LogP contribution is 2.28. The number of thiophene rings is 1. The molecule has 4 nitrogen and oxygen atoms in total. The third-order valence-electron chi connectivity index (χ3n) is 5.83. The summed E-state index contributed by atoms with van der Waals surface area (Å²) in [7, 11) is 0. The number of piperidine rings is 1. The Morgan fingerprint density at radius 3 is 2.48 bits per heavy atom. The first-order valence-corrected chi connectivity index (χ1v) is 10.6. The van der Waals surface area contributed by atoms with Gasteiger partial charge in [0.1, 0.15) is 0 Å². The zero-order valence-corrected chi connectivity index (χ0v) is 16.0. The number of nitrogens with zero attached hydrogens (tertiary/aromatic N) is 1. The number of carbonyl (C=O) groups excluding carboxylic acids is 2. The molecule has 1 aliphatic heterocycles. The van der Waals surface area contributed by atoms with E-state index in [1.807, 2.05) is 17.5 Å². The predicted octanol–water partition coefficient (Wildman–Crippen LogP) is 3.73. The monoisotopic (exact) mass is 362 g/mol. The van der Waals surface area contributed by atoms with Crippen LogP contribution in [0.5, 0.6) is 0 Å². The molecule has 2 fully saturated rings. The summed E-state index contributed by atoms with van der Waals surface area (Å²) in [6.45, 7) is 4.89. The van der Waals surface area contributed by atoms with Crippen LogP contribution in [0, 0.1) is 11.8 Å². The summed E-state index contributed by atoms with van der Waals surface area (Å²) in [5.41, 5.74) is 0. The number of hydrogen-bond donors (Lipinski definition) is 1. The van der Waals surface area contributed by atoms with E-state index in [1.165, 1.54) is 19.3 Å². The summed E-state index contributed by atoms with van der Waals surface area (Å²) in [4.78, 5) is 27.0. The van der Waals surface area contributed by atoms with Gasteiger partial charge in [0, 0.05) is 18.9 Å². The molecule has 0 spiro atoms. The molecule has 1 saturated heterocycles. The molecule has 5 heteroatoms. The SMILES string of the molecule is CC(=O)NC1CCC(CCN2CCC(C(=O)c3cccs3)CC2)CC1. The normalized spacial score (nSPS) is 25.6. The molecule has 1 amide bonds. The van der Waals surface area contributed by atoms with E-state index in [0.717, 1.165) is 56.1 Å². The second kappa shape index (κ2) is 8.95. The van der Waals surface area contributed by atoms with E-state index >= 15 is 0 Å². The fourth-order valence-electron chi connectivity index (χ4n) is 4.29. The van der Waals surface area contributed by atoms with Gasteiger partial charge < -0.3 is 10.2 Å². The van der Waals surface area contributed by atoms with Gasteiger partial charge in [-0.1, -0.05) is 6.07 Å². The molecule has 1 aromatic rings. The smallest absolute Gasteiger partial charge is 0.217 e. The van der Waals surface area contributed by atoms with Crippen molar-refractivity contribution in [1.29, 1.82) is 0 Å². The Labute approximate surface area is 155 Å². The first-order chi connectivity index (χ1) is 12.1. The van der Waals surface area contributed by atoms with Crippen molar-refractivity contribution in [2.45, 2.75) is 57.9 Å². The second-order valence-corrected chi connectivity index (χ2v) is 8.61. The van der Waals surface area contributed by atoms with Crippen LogP contribution in [0.4, 0.5) is 0 Å². The summed E-state index contributed by atoms with van der Waals surface area (Å²) in [5.74, 6) is 1.48. The van der Waals surface area contributed by atoms with Gasteiger partial charge in [0.2, 0.25) is 5.91 Å². The van der Waals surface area contributed by atoms with Gasteiger partial charge in [-0.2, -0.15) is 0 Å². The Bertz CT molecular complexity index is 556. The maximum absolute atomic E-state index is 12.4. The minimum absolute atomic E-state index is 0.100. The Morgan fingerprint density at radius 2 is 1.88 bits per heavy atom. The molecule has 3 rings (SSSR count). The standard InChI is InChI=1S/C20H30N2O2S/c1-15(23)21-18-6-4-16(5-7-18)8-11-22-12-9-17(10-13-22)20(24)19-3-2-14-25-19/h2-3,14,16-18H,4-13H2,1H3,(H,21,23). The largest absolute Gasteiger partial charge is 0.354 e. The number of rotatable bonds is 6. The molecule has 0 unspecified atom stereocenters. The minimum Gasteiger partial charge on any atom is -0.354 e. The van der Waals surface area contributed by atoms with Crippen LogP contribution in [-0.2, 0) is 4.79 Å². The van der Waals surface area contributed by atoms with Crippen LogP contribution in [0.3, 0.4) is 0 Å². The zero-order valence-electron chi connectivity index (χ0n) is 15.2. The van der Waals surface area contributed by atoms with Crippen molar-refractivity contribution in [1.82, 2.24) is 10.2 Å². The van der Waals surface area contributed by atoms with E-state index < -0.39 is 0 Å². The zero-order chi connectivity index (χ0) is 17.6. The first kappa shape index (κ1) is 18.6. The Balaban J connectivity index is 1.33. The van der Waals surface area contributed by atoms with Crippen molar-refractivity contribution in [3.8, 4) is 0 Å². The van der Waals surface area contributed by atoms with Crippen LogP contribution in [0.2, 0.25) is 0 Å². The Hall–Kier alpha value is -1.20. The van der Waals surface area contributed by atoms with Crippen LogP contribution in [-0.4, -0.2) is 42.3 Å². The molecule has 0 bridgehead atoms. The third-order valence-corrected chi connectivity index (χ3v) is 6.71. The lowest BCUT2D eigenvalue weighted by atomic mass is 9.83. The Kier molecular flexibility index (Phi) is 6.65. The van der Waals surface area contributed by atoms with E-state index in [4.69, 9.17) is 0 Å². The first-order valence-electron chi connectivity index (χ1n) is 9.69. The van der Waals surface area contributed by atoms with Gasteiger partial charge >= 0.3 is 0 Å². The number of likely N-dealkylation sites (tertiary alicyclic amines) is 1. The molecule has 1 aliphatic carbocycles. The van der Waals surface area contributed by atoms with Crippen molar-refractivity contribution < 1.29 is 9.59 Å². The maximum Gasteiger partial charge on any atom is 0.217 e. The molecule has 1 N–H and O–H groups in total. The number of Topliss-reactive ketones (excluding diaryl/α,β-unsaturated/α-hetero) is 1. The molecular weight excluding hydrogens is 332 g/mol. The number of carbonyl (C=O) groups is 2. The highest BCUT2D eigenvalue weighted by molar-refractivity contribution is 7.12. The van der Waals surface area contributed by atoms with Gasteiger partial charge in [-0.25, -0.2) is 0 Å². The molecule has 0 atom stereocenters. The van der Waals surface area contributed by atoms with Crippen LogP contribution < -0.4 is 5.32 Å². The lowest BCUT2D eigenvalue weighted by Crippen LogP contribution is -2.39. The summed E-state index contributed by atoms with van der Waals surface area (Å²) in [6, 6.07) is 4.32. The topological polar surface area (TPSA) is 49.4 Å². The molecule has 1 aromatic heterocycles. The number of amides is 1. The van der Waals surface area contributed by atoms with Crippen molar-refractivity contribution in [2.24, 2.45) is 11.8 Å². The van der Waals surface area contributed by atoms with Gasteiger partial charge in [-0.3, -0.25) is 9.59 Å². The lowest BCUT2D eigenvalue weighted by molar-refractivity contribution is -0.119.